The third-order valence-corrected chi connectivity index (χ3v) is 3.54. The number of carbonyl (C=O) groups excluding carboxylic acids is 1. The minimum absolute atomic E-state index is 0.135. The van der Waals surface area contributed by atoms with E-state index < -0.39 is 22.3 Å². The first-order chi connectivity index (χ1) is 10.4. The van der Waals surface area contributed by atoms with Crippen LogP contribution in [0.4, 0.5) is 13.8 Å². The predicted molar refractivity (Wildman–Crippen MR) is 75.3 cm³/mol. The molecule has 0 saturated carbocycles. The number of nitriles is 1. The summed E-state index contributed by atoms with van der Waals surface area (Å²) in [5.74, 6) is -3.10. The van der Waals surface area contributed by atoms with Crippen molar-refractivity contribution in [2.45, 2.75) is 0 Å². The lowest BCUT2D eigenvalue weighted by Crippen LogP contribution is -2.03. The third-order valence-electron chi connectivity index (χ3n) is 2.64. The summed E-state index contributed by atoms with van der Waals surface area (Å²) in [7, 11) is 0. The number of hydrogen-bond donors (Lipinski definition) is 0. The maximum atomic E-state index is 13.1. The van der Waals surface area contributed by atoms with Crippen LogP contribution < -0.4 is 0 Å². The van der Waals surface area contributed by atoms with Gasteiger partial charge < -0.3 is 0 Å². The Bertz CT molecular complexity index is 837. The maximum absolute atomic E-state index is 13.1. The van der Waals surface area contributed by atoms with E-state index in [1.807, 2.05) is 0 Å². The molecule has 0 unspecified atom stereocenters. The molecule has 0 atom stereocenters. The van der Waals surface area contributed by atoms with E-state index in [9.17, 15) is 23.7 Å². The normalized spacial score (nSPS) is 11.0. The summed E-state index contributed by atoms with van der Waals surface area (Å²) in [6.07, 6.45) is 1.16. The van der Waals surface area contributed by atoms with Crippen molar-refractivity contribution < 1.29 is 18.5 Å². The summed E-state index contributed by atoms with van der Waals surface area (Å²) in [6.45, 7) is 0. The molecule has 0 saturated heterocycles. The Balaban J connectivity index is 2.35. The van der Waals surface area contributed by atoms with Crippen LogP contribution >= 0.6 is 11.3 Å². The van der Waals surface area contributed by atoms with E-state index in [-0.39, 0.29) is 16.1 Å². The molecular formula is C14H6F2N2O3S. The Morgan fingerprint density at radius 2 is 2.05 bits per heavy atom. The zero-order chi connectivity index (χ0) is 16.3. The molecule has 0 N–H and O–H groups in total. The number of nitrogens with zero attached hydrogens (tertiary/aromatic N) is 2. The predicted octanol–water partition coefficient (Wildman–Crippen LogP) is 3.72. The van der Waals surface area contributed by atoms with E-state index in [1.54, 1.807) is 6.07 Å². The van der Waals surface area contributed by atoms with Gasteiger partial charge >= 0.3 is 5.00 Å². The fraction of sp³-hybridized carbons (Fsp3) is 0. The molecule has 0 fully saturated rings. The van der Waals surface area contributed by atoms with Gasteiger partial charge in [-0.1, -0.05) is 11.3 Å². The minimum atomic E-state index is -1.20. The Morgan fingerprint density at radius 1 is 1.32 bits per heavy atom. The quantitative estimate of drug-likeness (QED) is 0.282. The monoisotopic (exact) mass is 320 g/mol. The van der Waals surface area contributed by atoms with E-state index in [2.05, 4.69) is 0 Å². The number of halogens is 2. The molecule has 0 bridgehead atoms. The molecule has 0 aliphatic heterocycles. The van der Waals surface area contributed by atoms with Crippen LogP contribution in [0.1, 0.15) is 15.9 Å². The van der Waals surface area contributed by atoms with Crippen LogP contribution in [0.2, 0.25) is 0 Å². The van der Waals surface area contributed by atoms with E-state index in [0.29, 0.717) is 11.6 Å². The van der Waals surface area contributed by atoms with Crippen molar-refractivity contribution >= 4 is 28.2 Å². The van der Waals surface area contributed by atoms with Crippen LogP contribution in [0, 0.1) is 33.1 Å². The van der Waals surface area contributed by atoms with Gasteiger partial charge in [-0.05, 0) is 29.8 Å². The largest absolute Gasteiger partial charge is 0.324 e. The minimum Gasteiger partial charge on any atom is -0.288 e. The summed E-state index contributed by atoms with van der Waals surface area (Å²) in [5.41, 5.74) is -0.209. The highest BCUT2D eigenvalue weighted by molar-refractivity contribution is 7.13. The summed E-state index contributed by atoms with van der Waals surface area (Å²) in [5, 5.41) is 20.9. The van der Waals surface area contributed by atoms with Gasteiger partial charge in [-0.2, -0.15) is 5.26 Å². The van der Waals surface area contributed by atoms with Crippen molar-refractivity contribution in [2.75, 3.05) is 0 Å². The second-order valence-electron chi connectivity index (χ2n) is 4.10. The summed E-state index contributed by atoms with van der Waals surface area (Å²) < 4.78 is 26.0. The van der Waals surface area contributed by atoms with Crippen molar-refractivity contribution in [3.63, 3.8) is 0 Å². The molecule has 2 aromatic rings. The van der Waals surface area contributed by atoms with Gasteiger partial charge in [0.05, 0.1) is 4.92 Å². The first-order valence-corrected chi connectivity index (χ1v) is 6.65. The number of allylic oxidation sites excluding steroid dienone is 1. The number of Topliss-reactive ketones (excluding diaryl/α,β-unsaturated/α-hetero) is 1. The average Bonchev–Trinajstić information content (AvgIpc) is 2.96. The van der Waals surface area contributed by atoms with Crippen molar-refractivity contribution in [1.82, 2.24) is 0 Å². The third kappa shape index (κ3) is 3.21. The highest BCUT2D eigenvalue weighted by Gasteiger charge is 2.16. The van der Waals surface area contributed by atoms with Crippen molar-refractivity contribution in [1.29, 1.82) is 5.26 Å². The van der Waals surface area contributed by atoms with E-state index >= 15 is 0 Å². The zero-order valence-corrected chi connectivity index (χ0v) is 11.6. The molecule has 1 aromatic carbocycles. The Kier molecular flexibility index (Phi) is 4.39. The van der Waals surface area contributed by atoms with E-state index in [0.717, 1.165) is 29.5 Å². The lowest BCUT2D eigenvalue weighted by Gasteiger charge is -2.00. The van der Waals surface area contributed by atoms with Crippen LogP contribution in [0.3, 0.4) is 0 Å². The molecule has 2 rings (SSSR count). The van der Waals surface area contributed by atoms with Gasteiger partial charge in [0.2, 0.25) is 5.78 Å². The summed E-state index contributed by atoms with van der Waals surface area (Å²) in [4.78, 5) is 22.1. The summed E-state index contributed by atoms with van der Waals surface area (Å²) in [6, 6.07) is 5.40. The van der Waals surface area contributed by atoms with Crippen LogP contribution in [0.15, 0.2) is 35.2 Å². The molecule has 0 spiro atoms. The number of ketones is 1. The Labute approximate surface area is 126 Å². The van der Waals surface area contributed by atoms with Crippen LogP contribution in [-0.4, -0.2) is 10.7 Å². The SMILES string of the molecule is N#C/C(=C/c1csc([N+](=O)[O-])c1)C(=O)c1ccc(F)c(F)c1. The number of hydrogen-bond acceptors (Lipinski definition) is 5. The van der Waals surface area contributed by atoms with Gasteiger partial charge in [-0.15, -0.1) is 0 Å². The summed E-state index contributed by atoms with van der Waals surface area (Å²) >= 11 is 0.848. The second kappa shape index (κ2) is 6.24. The lowest BCUT2D eigenvalue weighted by molar-refractivity contribution is -0.380. The maximum Gasteiger partial charge on any atom is 0.324 e. The number of carbonyl (C=O) groups is 1. The topological polar surface area (TPSA) is 84.0 Å². The molecule has 0 amide bonds. The van der Waals surface area contributed by atoms with Crippen LogP contribution in [0.5, 0.6) is 0 Å². The Hall–Kier alpha value is -2.92. The van der Waals surface area contributed by atoms with Crippen LogP contribution in [-0.2, 0) is 0 Å². The van der Waals surface area contributed by atoms with E-state index in [1.165, 1.54) is 11.4 Å². The number of rotatable bonds is 4. The molecule has 1 aromatic heterocycles. The fourth-order valence-electron chi connectivity index (χ4n) is 1.62. The first kappa shape index (κ1) is 15.5. The second-order valence-corrected chi connectivity index (χ2v) is 4.99. The lowest BCUT2D eigenvalue weighted by atomic mass is 10.0. The van der Waals surface area contributed by atoms with Crippen molar-refractivity contribution in [3.8, 4) is 6.07 Å². The average molecular weight is 320 g/mol. The van der Waals surface area contributed by atoms with Crippen LogP contribution in [0.25, 0.3) is 6.08 Å². The molecule has 5 nitrogen and oxygen atoms in total. The number of benzene rings is 1. The smallest absolute Gasteiger partial charge is 0.288 e. The molecule has 8 heteroatoms. The van der Waals surface area contributed by atoms with Crippen molar-refractivity contribution in [3.05, 3.63) is 68.1 Å². The van der Waals surface area contributed by atoms with Gasteiger partial charge in [-0.3, -0.25) is 14.9 Å². The highest BCUT2D eigenvalue weighted by Crippen LogP contribution is 2.25. The molecule has 22 heavy (non-hydrogen) atoms. The van der Waals surface area contributed by atoms with Gasteiger partial charge in [0.15, 0.2) is 11.6 Å². The van der Waals surface area contributed by atoms with Gasteiger partial charge in [0.1, 0.15) is 11.6 Å². The first-order valence-electron chi connectivity index (χ1n) is 5.77. The molecule has 110 valence electrons. The number of nitro groups is 1. The molecule has 0 aliphatic carbocycles. The standard InChI is InChI=1S/C14H6F2N2O3S/c15-11-2-1-9(5-12(11)16)14(19)10(6-17)3-8-4-13(18(20)21)22-7-8/h1-5,7H/b10-3-. The van der Waals surface area contributed by atoms with Gasteiger partial charge in [-0.25, -0.2) is 8.78 Å². The van der Waals surface area contributed by atoms with Gasteiger partial charge in [0, 0.05) is 17.0 Å². The molecular weight excluding hydrogens is 314 g/mol. The van der Waals surface area contributed by atoms with Gasteiger partial charge in [0.25, 0.3) is 0 Å². The van der Waals surface area contributed by atoms with E-state index in [4.69, 9.17) is 5.26 Å². The highest BCUT2D eigenvalue weighted by atomic mass is 32.1. The fourth-order valence-corrected chi connectivity index (χ4v) is 2.30. The Morgan fingerprint density at radius 3 is 2.59 bits per heavy atom. The molecule has 1 heterocycles. The molecule has 0 aliphatic rings. The number of thiophene rings is 1. The van der Waals surface area contributed by atoms with Crippen molar-refractivity contribution in [2.24, 2.45) is 0 Å². The zero-order valence-electron chi connectivity index (χ0n) is 10.7. The molecule has 0 radical (unpaired) electrons.